The zero-order chi connectivity index (χ0) is 14.2. The van der Waals surface area contributed by atoms with E-state index >= 15 is 0 Å². The van der Waals surface area contributed by atoms with Gasteiger partial charge in [0.1, 0.15) is 12.1 Å². The summed E-state index contributed by atoms with van der Waals surface area (Å²) >= 11 is 5.94. The minimum Gasteiger partial charge on any atom is -0.332 e. The Labute approximate surface area is 117 Å². The van der Waals surface area contributed by atoms with Gasteiger partial charge in [-0.25, -0.2) is 0 Å². The van der Waals surface area contributed by atoms with Gasteiger partial charge in [-0.3, -0.25) is 9.59 Å². The first-order valence-corrected chi connectivity index (χ1v) is 6.61. The highest BCUT2D eigenvalue weighted by Crippen LogP contribution is 2.20. The van der Waals surface area contributed by atoms with Crippen molar-refractivity contribution in [3.05, 3.63) is 34.9 Å². The van der Waals surface area contributed by atoms with Crippen molar-refractivity contribution in [3.8, 4) is 0 Å². The number of carbonyl (C=O) groups excluding carboxylic acids is 2. The number of hydrogen-bond acceptors (Lipinski definition) is 2. The summed E-state index contributed by atoms with van der Waals surface area (Å²) in [4.78, 5) is 27.4. The van der Waals surface area contributed by atoms with Crippen LogP contribution in [0.1, 0.15) is 19.4 Å². The van der Waals surface area contributed by atoms with Crippen LogP contribution in [0.15, 0.2) is 24.3 Å². The van der Waals surface area contributed by atoms with Gasteiger partial charge in [-0.1, -0.05) is 23.7 Å². The largest absolute Gasteiger partial charge is 0.332 e. The molecule has 1 fully saturated rings. The van der Waals surface area contributed by atoms with Crippen molar-refractivity contribution < 1.29 is 9.59 Å². The third-order valence-corrected chi connectivity index (χ3v) is 3.87. The van der Waals surface area contributed by atoms with Gasteiger partial charge in [-0.05, 0) is 31.5 Å². The van der Waals surface area contributed by atoms with E-state index in [1.807, 2.05) is 18.2 Å². The smallest absolute Gasteiger partial charge is 0.246 e. The van der Waals surface area contributed by atoms with Crippen LogP contribution in [-0.2, 0) is 16.1 Å². The number of hydrogen-bond donors (Lipinski definition) is 0. The average Bonchev–Trinajstić information content (AvgIpc) is 2.39. The highest BCUT2D eigenvalue weighted by atomic mass is 35.5. The van der Waals surface area contributed by atoms with E-state index in [0.29, 0.717) is 11.6 Å². The van der Waals surface area contributed by atoms with Crippen LogP contribution in [0.4, 0.5) is 0 Å². The molecule has 1 saturated heterocycles. The summed E-state index contributed by atoms with van der Waals surface area (Å²) in [7, 11) is 1.66. The fraction of sp³-hybridized carbons (Fsp3) is 0.429. The zero-order valence-corrected chi connectivity index (χ0v) is 12.0. The second kappa shape index (κ2) is 5.21. The molecule has 2 rings (SSSR count). The molecule has 2 atom stereocenters. The Hall–Kier alpha value is -1.55. The first-order valence-electron chi connectivity index (χ1n) is 6.23. The third-order valence-electron chi connectivity index (χ3n) is 3.64. The summed E-state index contributed by atoms with van der Waals surface area (Å²) in [5, 5.41) is 0.631. The molecule has 5 heteroatoms. The molecule has 1 aliphatic rings. The van der Waals surface area contributed by atoms with Crippen molar-refractivity contribution in [1.29, 1.82) is 0 Å². The molecule has 1 heterocycles. The van der Waals surface area contributed by atoms with E-state index in [9.17, 15) is 9.59 Å². The number of carbonyl (C=O) groups is 2. The Morgan fingerprint density at radius 3 is 2.47 bits per heavy atom. The maximum Gasteiger partial charge on any atom is 0.246 e. The van der Waals surface area contributed by atoms with Gasteiger partial charge in [-0.2, -0.15) is 0 Å². The Balaban J connectivity index is 2.23. The van der Waals surface area contributed by atoms with E-state index < -0.39 is 12.1 Å². The van der Waals surface area contributed by atoms with Gasteiger partial charge in [0.2, 0.25) is 11.8 Å². The molecule has 4 nitrogen and oxygen atoms in total. The molecule has 0 aromatic heterocycles. The first-order chi connectivity index (χ1) is 8.91. The van der Waals surface area contributed by atoms with Crippen LogP contribution in [0.3, 0.4) is 0 Å². The Morgan fingerprint density at radius 2 is 1.84 bits per heavy atom. The molecule has 0 saturated carbocycles. The molecule has 102 valence electrons. The summed E-state index contributed by atoms with van der Waals surface area (Å²) in [6.45, 7) is 3.91. The van der Waals surface area contributed by atoms with Crippen molar-refractivity contribution in [2.24, 2.45) is 0 Å². The number of nitrogens with zero attached hydrogens (tertiary/aromatic N) is 2. The molecule has 0 N–H and O–H groups in total. The Kier molecular flexibility index (Phi) is 3.80. The zero-order valence-electron chi connectivity index (χ0n) is 11.3. The molecule has 2 amide bonds. The minimum absolute atomic E-state index is 0.0328. The van der Waals surface area contributed by atoms with Crippen molar-refractivity contribution in [1.82, 2.24) is 9.80 Å². The van der Waals surface area contributed by atoms with Crippen LogP contribution < -0.4 is 0 Å². The lowest BCUT2D eigenvalue weighted by Gasteiger charge is -2.41. The lowest BCUT2D eigenvalue weighted by molar-refractivity contribution is -0.159. The molecule has 0 radical (unpaired) electrons. The fourth-order valence-corrected chi connectivity index (χ4v) is 2.48. The summed E-state index contributed by atoms with van der Waals surface area (Å²) in [6, 6.07) is 6.49. The summed E-state index contributed by atoms with van der Waals surface area (Å²) in [5.41, 5.74) is 0.928. The fourth-order valence-electron chi connectivity index (χ4n) is 2.26. The van der Waals surface area contributed by atoms with Crippen LogP contribution in [0.2, 0.25) is 5.02 Å². The third kappa shape index (κ3) is 2.59. The molecule has 0 unspecified atom stereocenters. The monoisotopic (exact) mass is 280 g/mol. The van der Waals surface area contributed by atoms with E-state index in [2.05, 4.69) is 0 Å². The van der Waals surface area contributed by atoms with Crippen molar-refractivity contribution >= 4 is 23.4 Å². The maximum absolute atomic E-state index is 12.3. The quantitative estimate of drug-likeness (QED) is 0.830. The normalized spacial score (nSPS) is 24.0. The number of halogens is 1. The highest BCUT2D eigenvalue weighted by Gasteiger charge is 2.39. The van der Waals surface area contributed by atoms with E-state index in [1.165, 1.54) is 4.90 Å². The molecule has 1 aromatic carbocycles. The number of benzene rings is 1. The van der Waals surface area contributed by atoms with Gasteiger partial charge in [0.05, 0.1) is 0 Å². The highest BCUT2D eigenvalue weighted by molar-refractivity contribution is 6.30. The standard InChI is InChI=1S/C14H17ClN2O2/c1-9-14(19)17(10(2)13(18)16(9)3)8-11-5-4-6-12(15)7-11/h4-7,9-10H,8H2,1-3H3/t9-,10-/m0/s1. The maximum atomic E-state index is 12.3. The van der Waals surface area contributed by atoms with Gasteiger partial charge < -0.3 is 9.80 Å². The van der Waals surface area contributed by atoms with E-state index in [1.54, 1.807) is 31.9 Å². The average molecular weight is 281 g/mol. The van der Waals surface area contributed by atoms with E-state index in [4.69, 9.17) is 11.6 Å². The lowest BCUT2D eigenvalue weighted by atomic mass is 10.1. The number of piperazine rings is 1. The van der Waals surface area contributed by atoms with Crippen LogP contribution >= 0.6 is 11.6 Å². The second-order valence-corrected chi connectivity index (χ2v) is 5.33. The molecule has 1 aliphatic heterocycles. The van der Waals surface area contributed by atoms with Gasteiger partial charge in [0.15, 0.2) is 0 Å². The number of rotatable bonds is 2. The lowest BCUT2D eigenvalue weighted by Crippen LogP contribution is -2.61. The summed E-state index contributed by atoms with van der Waals surface area (Å²) in [6.07, 6.45) is 0. The van der Waals surface area contributed by atoms with Crippen LogP contribution in [-0.4, -0.2) is 40.7 Å². The Morgan fingerprint density at radius 1 is 1.16 bits per heavy atom. The van der Waals surface area contributed by atoms with Crippen LogP contribution in [0.5, 0.6) is 0 Å². The SMILES string of the molecule is C[C@H]1C(=O)N(Cc2cccc(Cl)c2)[C@@H](C)C(=O)N1C. The first kappa shape index (κ1) is 13.9. The van der Waals surface area contributed by atoms with E-state index in [-0.39, 0.29) is 11.8 Å². The minimum atomic E-state index is -0.437. The van der Waals surface area contributed by atoms with Crippen LogP contribution in [0, 0.1) is 0 Å². The van der Waals surface area contributed by atoms with Gasteiger partial charge >= 0.3 is 0 Å². The Bertz CT molecular complexity index is 518. The summed E-state index contributed by atoms with van der Waals surface area (Å²) < 4.78 is 0. The predicted octanol–water partition coefficient (Wildman–Crippen LogP) is 1.92. The predicted molar refractivity (Wildman–Crippen MR) is 73.7 cm³/mol. The number of likely N-dealkylation sites (N-methyl/N-ethyl adjacent to an activating group) is 1. The summed E-state index contributed by atoms with van der Waals surface area (Å²) in [5.74, 6) is -0.0660. The van der Waals surface area contributed by atoms with Crippen LogP contribution in [0.25, 0.3) is 0 Å². The molecular formula is C14H17ClN2O2. The molecule has 0 bridgehead atoms. The van der Waals surface area contributed by atoms with Gasteiger partial charge in [-0.15, -0.1) is 0 Å². The molecular weight excluding hydrogens is 264 g/mol. The topological polar surface area (TPSA) is 40.6 Å². The number of amides is 2. The molecule has 19 heavy (non-hydrogen) atoms. The second-order valence-electron chi connectivity index (χ2n) is 4.90. The molecule has 1 aromatic rings. The molecule has 0 spiro atoms. The van der Waals surface area contributed by atoms with Gasteiger partial charge in [0.25, 0.3) is 0 Å². The van der Waals surface area contributed by atoms with Crippen molar-refractivity contribution in [2.75, 3.05) is 7.05 Å². The molecule has 0 aliphatic carbocycles. The van der Waals surface area contributed by atoms with E-state index in [0.717, 1.165) is 5.56 Å². The van der Waals surface area contributed by atoms with Gasteiger partial charge in [0, 0.05) is 18.6 Å². The van der Waals surface area contributed by atoms with Crippen molar-refractivity contribution in [2.45, 2.75) is 32.5 Å². The van der Waals surface area contributed by atoms with Crippen molar-refractivity contribution in [3.63, 3.8) is 0 Å².